The van der Waals surface area contributed by atoms with E-state index in [0.717, 1.165) is 36.9 Å². The first-order valence-corrected chi connectivity index (χ1v) is 11.4. The van der Waals surface area contributed by atoms with Gasteiger partial charge in [0.15, 0.2) is 0 Å². The SMILES string of the molecule is CN(C(=O)CCc1ccc(S(=O)(=O)NC2CCCCC2)cc1)c1ccccc1. The van der Waals surface area contributed by atoms with E-state index in [1.807, 2.05) is 30.3 Å². The van der Waals surface area contributed by atoms with Crippen molar-refractivity contribution in [2.45, 2.75) is 55.9 Å². The lowest BCUT2D eigenvalue weighted by molar-refractivity contribution is -0.118. The first kappa shape index (κ1) is 20.6. The van der Waals surface area contributed by atoms with Crippen LogP contribution in [0.2, 0.25) is 0 Å². The Hall–Kier alpha value is -2.18. The van der Waals surface area contributed by atoms with Crippen molar-refractivity contribution in [2.75, 3.05) is 11.9 Å². The summed E-state index contributed by atoms with van der Waals surface area (Å²) >= 11 is 0. The van der Waals surface area contributed by atoms with E-state index in [4.69, 9.17) is 0 Å². The molecule has 1 aliphatic carbocycles. The standard InChI is InChI=1S/C22H28N2O3S/c1-24(20-10-6-3-7-11-20)22(25)17-14-18-12-15-21(16-13-18)28(26,27)23-19-8-4-2-5-9-19/h3,6-7,10-13,15-16,19,23H,2,4-5,8-9,14,17H2,1H3. The van der Waals surface area contributed by atoms with Crippen molar-refractivity contribution in [3.8, 4) is 0 Å². The number of hydrogen-bond donors (Lipinski definition) is 1. The number of rotatable bonds is 7. The molecule has 0 unspecified atom stereocenters. The summed E-state index contributed by atoms with van der Waals surface area (Å²) < 4.78 is 27.9. The van der Waals surface area contributed by atoms with Gasteiger partial charge in [0.1, 0.15) is 0 Å². The van der Waals surface area contributed by atoms with Gasteiger partial charge in [-0.2, -0.15) is 0 Å². The van der Waals surface area contributed by atoms with Gasteiger partial charge in [0.2, 0.25) is 15.9 Å². The van der Waals surface area contributed by atoms with Crippen LogP contribution in [-0.2, 0) is 21.2 Å². The zero-order chi connectivity index (χ0) is 20.0. The summed E-state index contributed by atoms with van der Waals surface area (Å²) in [6.07, 6.45) is 6.12. The molecule has 1 amide bonds. The Labute approximate surface area is 167 Å². The molecule has 1 aliphatic rings. The Morgan fingerprint density at radius 1 is 1.00 bits per heavy atom. The molecule has 0 aromatic heterocycles. The fourth-order valence-corrected chi connectivity index (χ4v) is 4.86. The molecule has 3 rings (SSSR count). The van der Waals surface area contributed by atoms with Crippen LogP contribution in [0.5, 0.6) is 0 Å². The van der Waals surface area contributed by atoms with Crippen molar-refractivity contribution < 1.29 is 13.2 Å². The maximum absolute atomic E-state index is 12.6. The lowest BCUT2D eigenvalue weighted by Crippen LogP contribution is -2.36. The van der Waals surface area contributed by atoms with Crippen LogP contribution in [0.15, 0.2) is 59.5 Å². The predicted octanol–water partition coefficient (Wildman–Crippen LogP) is 3.89. The smallest absolute Gasteiger partial charge is 0.240 e. The van der Waals surface area contributed by atoms with Gasteiger partial charge in [-0.25, -0.2) is 13.1 Å². The van der Waals surface area contributed by atoms with E-state index >= 15 is 0 Å². The third-order valence-corrected chi connectivity index (χ3v) is 6.84. The van der Waals surface area contributed by atoms with Crippen molar-refractivity contribution in [3.05, 3.63) is 60.2 Å². The number of anilines is 1. The van der Waals surface area contributed by atoms with Gasteiger partial charge in [0, 0.05) is 25.2 Å². The number of aryl methyl sites for hydroxylation is 1. The Morgan fingerprint density at radius 3 is 2.29 bits per heavy atom. The Kier molecular flexibility index (Phi) is 6.86. The summed E-state index contributed by atoms with van der Waals surface area (Å²) in [6, 6.07) is 16.4. The molecule has 0 heterocycles. The molecule has 5 nitrogen and oxygen atoms in total. The van der Waals surface area contributed by atoms with Crippen LogP contribution in [0, 0.1) is 0 Å². The Balaban J connectivity index is 1.56. The van der Waals surface area contributed by atoms with Crippen LogP contribution in [0.4, 0.5) is 5.69 Å². The number of carbonyl (C=O) groups is 1. The van der Waals surface area contributed by atoms with Gasteiger partial charge in [-0.1, -0.05) is 49.6 Å². The van der Waals surface area contributed by atoms with E-state index < -0.39 is 10.0 Å². The van der Waals surface area contributed by atoms with Crippen LogP contribution in [0.25, 0.3) is 0 Å². The van der Waals surface area contributed by atoms with E-state index in [1.165, 1.54) is 6.42 Å². The lowest BCUT2D eigenvalue weighted by atomic mass is 9.96. The molecular formula is C22H28N2O3S. The summed E-state index contributed by atoms with van der Waals surface area (Å²) in [7, 11) is -1.71. The minimum absolute atomic E-state index is 0.0295. The van der Waals surface area contributed by atoms with Crippen LogP contribution < -0.4 is 9.62 Å². The molecular weight excluding hydrogens is 372 g/mol. The third kappa shape index (κ3) is 5.42. The molecule has 2 aromatic carbocycles. The lowest BCUT2D eigenvalue weighted by Gasteiger charge is -2.22. The molecule has 0 bridgehead atoms. The summed E-state index contributed by atoms with van der Waals surface area (Å²) in [5.74, 6) is 0.0295. The molecule has 6 heteroatoms. The number of benzene rings is 2. The highest BCUT2D eigenvalue weighted by Gasteiger charge is 2.21. The largest absolute Gasteiger partial charge is 0.315 e. The minimum atomic E-state index is -3.48. The zero-order valence-electron chi connectivity index (χ0n) is 16.3. The summed E-state index contributed by atoms with van der Waals surface area (Å²) in [4.78, 5) is 14.3. The quantitative estimate of drug-likeness (QED) is 0.767. The maximum atomic E-state index is 12.6. The van der Waals surface area contributed by atoms with Crippen molar-refractivity contribution in [1.82, 2.24) is 4.72 Å². The number of para-hydroxylation sites is 1. The fourth-order valence-electron chi connectivity index (χ4n) is 3.56. The first-order chi connectivity index (χ1) is 13.5. The van der Waals surface area contributed by atoms with E-state index in [0.29, 0.717) is 12.8 Å². The van der Waals surface area contributed by atoms with Crippen molar-refractivity contribution in [3.63, 3.8) is 0 Å². The molecule has 1 fully saturated rings. The highest BCUT2D eigenvalue weighted by Crippen LogP contribution is 2.20. The van der Waals surface area contributed by atoms with Crippen molar-refractivity contribution in [1.29, 1.82) is 0 Å². The number of nitrogens with zero attached hydrogens (tertiary/aromatic N) is 1. The molecule has 0 spiro atoms. The number of nitrogens with one attached hydrogen (secondary N) is 1. The highest BCUT2D eigenvalue weighted by atomic mass is 32.2. The second-order valence-electron chi connectivity index (χ2n) is 7.39. The monoisotopic (exact) mass is 400 g/mol. The van der Waals surface area contributed by atoms with Gasteiger partial charge in [-0.3, -0.25) is 4.79 Å². The Bertz CT molecular complexity index is 874. The number of sulfonamides is 1. The fraction of sp³-hybridized carbons (Fsp3) is 0.409. The minimum Gasteiger partial charge on any atom is -0.315 e. The summed E-state index contributed by atoms with van der Waals surface area (Å²) in [5.41, 5.74) is 1.81. The van der Waals surface area contributed by atoms with Gasteiger partial charge in [0.05, 0.1) is 4.90 Å². The van der Waals surface area contributed by atoms with Gasteiger partial charge in [-0.05, 0) is 49.1 Å². The third-order valence-electron chi connectivity index (χ3n) is 5.31. The molecule has 1 N–H and O–H groups in total. The Morgan fingerprint density at radius 2 is 1.64 bits per heavy atom. The number of hydrogen-bond acceptors (Lipinski definition) is 3. The van der Waals surface area contributed by atoms with Gasteiger partial charge >= 0.3 is 0 Å². The molecule has 2 aromatic rings. The van der Waals surface area contributed by atoms with Crippen LogP contribution in [-0.4, -0.2) is 27.4 Å². The average Bonchev–Trinajstić information content (AvgIpc) is 2.73. The number of carbonyl (C=O) groups excluding carboxylic acids is 1. The second-order valence-corrected chi connectivity index (χ2v) is 9.10. The topological polar surface area (TPSA) is 66.5 Å². The van der Waals surface area contributed by atoms with Crippen molar-refractivity contribution >= 4 is 21.6 Å². The molecule has 0 saturated heterocycles. The molecule has 1 saturated carbocycles. The van der Waals surface area contributed by atoms with Gasteiger partial charge in [-0.15, -0.1) is 0 Å². The van der Waals surface area contributed by atoms with Gasteiger partial charge in [0.25, 0.3) is 0 Å². The summed E-state index contributed by atoms with van der Waals surface area (Å²) in [6.45, 7) is 0. The van der Waals surface area contributed by atoms with E-state index in [2.05, 4.69) is 4.72 Å². The summed E-state index contributed by atoms with van der Waals surface area (Å²) in [5, 5.41) is 0. The van der Waals surface area contributed by atoms with Gasteiger partial charge < -0.3 is 4.90 Å². The van der Waals surface area contributed by atoms with E-state index in [1.54, 1.807) is 36.2 Å². The van der Waals surface area contributed by atoms with Crippen molar-refractivity contribution in [2.24, 2.45) is 0 Å². The van der Waals surface area contributed by atoms with Crippen LogP contribution in [0.1, 0.15) is 44.1 Å². The predicted molar refractivity (Wildman–Crippen MR) is 112 cm³/mol. The average molecular weight is 401 g/mol. The van der Waals surface area contributed by atoms with Crippen LogP contribution >= 0.6 is 0 Å². The second kappa shape index (κ2) is 9.34. The molecule has 150 valence electrons. The maximum Gasteiger partial charge on any atom is 0.240 e. The molecule has 0 radical (unpaired) electrons. The van der Waals surface area contributed by atoms with Crippen LogP contribution in [0.3, 0.4) is 0 Å². The molecule has 0 atom stereocenters. The molecule has 0 aliphatic heterocycles. The normalized spacial score (nSPS) is 15.3. The van der Waals surface area contributed by atoms with E-state index in [9.17, 15) is 13.2 Å². The first-order valence-electron chi connectivity index (χ1n) is 9.88. The van der Waals surface area contributed by atoms with E-state index in [-0.39, 0.29) is 16.8 Å². The zero-order valence-corrected chi connectivity index (χ0v) is 17.1. The number of amides is 1. The molecule has 28 heavy (non-hydrogen) atoms. The highest BCUT2D eigenvalue weighted by molar-refractivity contribution is 7.89.